The molecule has 4 rings (SSSR count). The van der Waals surface area contributed by atoms with Crippen molar-refractivity contribution in [1.82, 2.24) is 0 Å². The fourth-order valence-corrected chi connectivity index (χ4v) is 9.50. The number of hydrogen-bond acceptors (Lipinski definition) is 2. The number of fused-ring (bicyclic) bond motifs is 5. The van der Waals surface area contributed by atoms with Crippen LogP contribution in [0.1, 0.15) is 106 Å². The maximum Gasteiger partial charge on any atom is 0.192 e. The molecule has 0 heterocycles. The van der Waals surface area contributed by atoms with Gasteiger partial charge in [-0.3, -0.25) is 4.79 Å². The number of Topliss-reactive ketones (excluding diaryl/α,β-unsaturated/α-hetero) is 1. The Morgan fingerprint density at radius 2 is 1.78 bits per heavy atom. The molecule has 0 N–H and O–H groups in total. The van der Waals surface area contributed by atoms with Gasteiger partial charge in [0.1, 0.15) is 5.78 Å². The zero-order chi connectivity index (χ0) is 23.5. The summed E-state index contributed by atoms with van der Waals surface area (Å²) in [7, 11) is -1.73. The molecule has 0 saturated heterocycles. The Balaban J connectivity index is 1.56. The van der Waals surface area contributed by atoms with E-state index in [1.54, 1.807) is 5.57 Å². The van der Waals surface area contributed by atoms with Gasteiger partial charge in [0.15, 0.2) is 8.32 Å². The summed E-state index contributed by atoms with van der Waals surface area (Å²) < 4.78 is 6.89. The third-order valence-corrected chi connectivity index (χ3v) is 15.6. The van der Waals surface area contributed by atoms with E-state index in [1.807, 2.05) is 0 Å². The Kier molecular flexibility index (Phi) is 6.46. The second-order valence-corrected chi connectivity index (χ2v) is 18.7. The quantitative estimate of drug-likeness (QED) is 0.306. The average Bonchev–Trinajstić information content (AvgIpc) is 2.96. The summed E-state index contributed by atoms with van der Waals surface area (Å²) >= 11 is 0. The second-order valence-electron chi connectivity index (χ2n) is 13.9. The Morgan fingerprint density at radius 3 is 2.44 bits per heavy atom. The molecule has 0 aliphatic heterocycles. The molecule has 0 amide bonds. The minimum atomic E-state index is -1.73. The highest BCUT2D eigenvalue weighted by atomic mass is 28.4. The van der Waals surface area contributed by atoms with E-state index in [0.717, 1.165) is 25.2 Å². The fourth-order valence-electron chi connectivity index (χ4n) is 8.12. The first kappa shape index (κ1) is 24.7. The molecule has 182 valence electrons. The molecule has 0 radical (unpaired) electrons. The van der Waals surface area contributed by atoms with Gasteiger partial charge in [0, 0.05) is 17.9 Å². The van der Waals surface area contributed by atoms with Gasteiger partial charge in [0.2, 0.25) is 0 Å². The number of rotatable bonds is 5. The van der Waals surface area contributed by atoms with Crippen molar-refractivity contribution >= 4 is 14.1 Å². The van der Waals surface area contributed by atoms with Crippen LogP contribution in [-0.4, -0.2) is 20.2 Å². The lowest BCUT2D eigenvalue weighted by molar-refractivity contribution is -0.132. The third-order valence-electron chi connectivity index (χ3n) is 11.1. The van der Waals surface area contributed by atoms with E-state index in [4.69, 9.17) is 4.43 Å². The average molecular weight is 459 g/mol. The molecule has 0 bridgehead atoms. The highest BCUT2D eigenvalue weighted by Gasteiger charge is 2.61. The number of carbonyl (C=O) groups excluding carboxylic acids is 1. The molecule has 32 heavy (non-hydrogen) atoms. The van der Waals surface area contributed by atoms with Gasteiger partial charge >= 0.3 is 0 Å². The van der Waals surface area contributed by atoms with Gasteiger partial charge in [-0.05, 0) is 92.2 Å². The summed E-state index contributed by atoms with van der Waals surface area (Å²) in [6, 6.07) is 0. The Bertz CT molecular complexity index is 762. The minimum absolute atomic E-state index is 0.0378. The van der Waals surface area contributed by atoms with Crippen LogP contribution in [0, 0.1) is 34.5 Å². The van der Waals surface area contributed by atoms with E-state index in [1.165, 1.54) is 44.9 Å². The predicted octanol–water partition coefficient (Wildman–Crippen LogP) is 8.33. The molecule has 4 aliphatic rings. The molecule has 4 aliphatic carbocycles. The first-order valence-corrected chi connectivity index (χ1v) is 16.6. The molecule has 2 nitrogen and oxygen atoms in total. The van der Waals surface area contributed by atoms with Crippen molar-refractivity contribution in [3.05, 3.63) is 11.6 Å². The van der Waals surface area contributed by atoms with Gasteiger partial charge in [0.05, 0.1) is 0 Å². The molecule has 0 aromatic carbocycles. The first-order chi connectivity index (χ1) is 14.8. The Morgan fingerprint density at radius 1 is 1.09 bits per heavy atom. The van der Waals surface area contributed by atoms with E-state index in [2.05, 4.69) is 60.7 Å². The van der Waals surface area contributed by atoms with E-state index in [0.29, 0.717) is 35.1 Å². The minimum Gasteiger partial charge on any atom is -0.414 e. The summed E-state index contributed by atoms with van der Waals surface area (Å²) in [5.41, 5.74) is 1.99. The molecular weight excluding hydrogens is 408 g/mol. The van der Waals surface area contributed by atoms with Crippen LogP contribution < -0.4 is 0 Å². The van der Waals surface area contributed by atoms with Crippen molar-refractivity contribution in [1.29, 1.82) is 0 Å². The van der Waals surface area contributed by atoms with Gasteiger partial charge in [-0.15, -0.1) is 0 Å². The highest BCUT2D eigenvalue weighted by molar-refractivity contribution is 6.74. The van der Waals surface area contributed by atoms with Crippen LogP contribution in [0.5, 0.6) is 0 Å². The highest BCUT2D eigenvalue weighted by Crippen LogP contribution is 2.66. The van der Waals surface area contributed by atoms with Crippen LogP contribution >= 0.6 is 0 Å². The lowest BCUT2D eigenvalue weighted by Crippen LogP contribution is -2.52. The Labute approximate surface area is 199 Å². The molecular formula is C29H50O2Si. The summed E-state index contributed by atoms with van der Waals surface area (Å²) in [5, 5.41) is 0.274. The van der Waals surface area contributed by atoms with Crippen LogP contribution in [0.25, 0.3) is 0 Å². The fraction of sp³-hybridized carbons (Fsp3) is 0.897. The number of allylic oxidation sites excluding steroid dienone is 1. The third kappa shape index (κ3) is 3.92. The first-order valence-electron chi connectivity index (χ1n) is 13.7. The molecule has 3 fully saturated rings. The molecule has 7 atom stereocenters. The van der Waals surface area contributed by atoms with Crippen molar-refractivity contribution in [3.8, 4) is 0 Å². The second kappa shape index (κ2) is 8.36. The van der Waals surface area contributed by atoms with Gasteiger partial charge in [-0.25, -0.2) is 0 Å². The number of unbranched alkanes of at least 4 members (excludes halogenated alkanes) is 1. The van der Waals surface area contributed by atoms with Crippen LogP contribution in [0.15, 0.2) is 11.6 Å². The van der Waals surface area contributed by atoms with Crippen molar-refractivity contribution in [3.63, 3.8) is 0 Å². The van der Waals surface area contributed by atoms with Crippen LogP contribution in [0.4, 0.5) is 0 Å². The van der Waals surface area contributed by atoms with Crippen LogP contribution in [0.3, 0.4) is 0 Å². The summed E-state index contributed by atoms with van der Waals surface area (Å²) in [4.78, 5) is 13.2. The lowest BCUT2D eigenvalue weighted by atomic mass is 9.47. The topological polar surface area (TPSA) is 26.3 Å². The smallest absolute Gasteiger partial charge is 0.192 e. The molecule has 3 saturated carbocycles. The van der Waals surface area contributed by atoms with Crippen molar-refractivity contribution in [2.24, 2.45) is 34.5 Å². The van der Waals surface area contributed by atoms with Crippen LogP contribution in [0.2, 0.25) is 18.1 Å². The Hall–Kier alpha value is -0.413. The maximum absolute atomic E-state index is 13.2. The van der Waals surface area contributed by atoms with Gasteiger partial charge < -0.3 is 4.43 Å². The maximum atomic E-state index is 13.2. The number of ketones is 1. The lowest BCUT2D eigenvalue weighted by Gasteiger charge is -2.58. The zero-order valence-electron chi connectivity index (χ0n) is 22.4. The molecule has 0 unspecified atom stereocenters. The summed E-state index contributed by atoms with van der Waals surface area (Å²) in [6.07, 6.45) is 14.9. The standard InChI is InChI=1S/C29H50O2Si/c1-9-10-11-20-18-25(30)29(6)17-15-24-23(26(20)29)13-12-21-19-22(14-16-28(21,24)5)31-32(7,8)27(2,3)4/h12,20,22-24,26H,9-11,13-19H2,1-8H3/t20-,22-,23+,24-,26-,28-,29+/m0/s1. The molecule has 0 aromatic heterocycles. The largest absolute Gasteiger partial charge is 0.414 e. The van der Waals surface area contributed by atoms with Gasteiger partial charge in [-0.1, -0.05) is 66.0 Å². The predicted molar refractivity (Wildman–Crippen MR) is 137 cm³/mol. The van der Waals surface area contributed by atoms with Crippen molar-refractivity contribution in [2.75, 3.05) is 0 Å². The normalized spacial score (nSPS) is 42.2. The number of hydrogen-bond donors (Lipinski definition) is 0. The number of carbonyl (C=O) groups is 1. The van der Waals surface area contributed by atoms with E-state index >= 15 is 0 Å². The molecule has 0 spiro atoms. The molecule has 0 aromatic rings. The zero-order valence-corrected chi connectivity index (χ0v) is 23.4. The summed E-state index contributed by atoms with van der Waals surface area (Å²) in [5.74, 6) is 3.33. The van der Waals surface area contributed by atoms with Crippen molar-refractivity contribution in [2.45, 2.75) is 130 Å². The van der Waals surface area contributed by atoms with Gasteiger partial charge in [0.25, 0.3) is 0 Å². The molecule has 3 heteroatoms. The van der Waals surface area contributed by atoms with E-state index in [-0.39, 0.29) is 10.5 Å². The van der Waals surface area contributed by atoms with E-state index < -0.39 is 8.32 Å². The monoisotopic (exact) mass is 458 g/mol. The summed E-state index contributed by atoms with van der Waals surface area (Å²) in [6.45, 7) is 19.1. The van der Waals surface area contributed by atoms with Crippen molar-refractivity contribution < 1.29 is 9.22 Å². The SMILES string of the molecule is CCCC[C@H]1CC(=O)[C@@]2(C)CC[C@H]3[C@@H](CC=C4C[C@@H](O[Si](C)(C)C(C)(C)C)CC[C@@]43C)[C@H]12. The van der Waals surface area contributed by atoms with Crippen LogP contribution in [-0.2, 0) is 9.22 Å². The van der Waals surface area contributed by atoms with Gasteiger partial charge in [-0.2, -0.15) is 0 Å². The van der Waals surface area contributed by atoms with E-state index in [9.17, 15) is 4.79 Å².